The first-order valence-electron chi connectivity index (χ1n) is 8.33. The van der Waals surface area contributed by atoms with Gasteiger partial charge in [-0.3, -0.25) is 4.79 Å². The fourth-order valence-electron chi connectivity index (χ4n) is 2.98. The Kier molecular flexibility index (Phi) is 6.51. The van der Waals surface area contributed by atoms with Crippen molar-refractivity contribution in [2.75, 3.05) is 6.61 Å². The Bertz CT molecular complexity index is 951. The SMILES string of the molecule is Cc1cc(C)c(S(=O)(=O)NC(C)COc2ccc(Cl)cc2C(N)=O)c(C)c1. The first kappa shape index (κ1) is 21.2. The van der Waals surface area contributed by atoms with Crippen LogP contribution in [0.25, 0.3) is 0 Å². The maximum atomic E-state index is 12.8. The summed E-state index contributed by atoms with van der Waals surface area (Å²) in [5, 5.41) is 0.357. The summed E-state index contributed by atoms with van der Waals surface area (Å²) >= 11 is 5.86. The van der Waals surface area contributed by atoms with Crippen molar-refractivity contribution >= 4 is 27.5 Å². The lowest BCUT2D eigenvalue weighted by molar-refractivity contribution is 0.0996. The van der Waals surface area contributed by atoms with E-state index >= 15 is 0 Å². The maximum absolute atomic E-state index is 12.8. The van der Waals surface area contributed by atoms with Crippen LogP contribution in [0.2, 0.25) is 5.02 Å². The molecule has 2 aromatic rings. The molecule has 0 aliphatic rings. The van der Waals surface area contributed by atoms with Crippen LogP contribution >= 0.6 is 11.6 Å². The molecule has 0 aliphatic carbocycles. The minimum atomic E-state index is -3.72. The van der Waals surface area contributed by atoms with Gasteiger partial charge >= 0.3 is 0 Å². The first-order valence-corrected chi connectivity index (χ1v) is 10.2. The topological polar surface area (TPSA) is 98.5 Å². The van der Waals surface area contributed by atoms with Crippen LogP contribution in [0.4, 0.5) is 0 Å². The Morgan fingerprint density at radius 3 is 2.33 bits per heavy atom. The van der Waals surface area contributed by atoms with Crippen molar-refractivity contribution in [2.24, 2.45) is 5.73 Å². The van der Waals surface area contributed by atoms with Gasteiger partial charge in [-0.2, -0.15) is 0 Å². The second-order valence-electron chi connectivity index (χ2n) is 6.57. The van der Waals surface area contributed by atoms with Gasteiger partial charge in [0.05, 0.1) is 16.5 Å². The number of hydrogen-bond acceptors (Lipinski definition) is 4. The van der Waals surface area contributed by atoms with Crippen molar-refractivity contribution in [1.82, 2.24) is 4.72 Å². The van der Waals surface area contributed by atoms with Crippen molar-refractivity contribution < 1.29 is 17.9 Å². The largest absolute Gasteiger partial charge is 0.491 e. The van der Waals surface area contributed by atoms with Crippen LogP contribution < -0.4 is 15.2 Å². The Morgan fingerprint density at radius 1 is 1.19 bits per heavy atom. The lowest BCUT2D eigenvalue weighted by atomic mass is 10.1. The van der Waals surface area contributed by atoms with Gasteiger partial charge in [0.2, 0.25) is 10.0 Å². The third kappa shape index (κ3) is 5.22. The van der Waals surface area contributed by atoms with Gasteiger partial charge in [0, 0.05) is 5.02 Å². The lowest BCUT2D eigenvalue weighted by Gasteiger charge is -2.18. The lowest BCUT2D eigenvalue weighted by Crippen LogP contribution is -2.37. The second-order valence-corrected chi connectivity index (χ2v) is 8.65. The van der Waals surface area contributed by atoms with Gasteiger partial charge in [-0.25, -0.2) is 13.1 Å². The molecule has 0 saturated carbocycles. The van der Waals surface area contributed by atoms with E-state index in [0.29, 0.717) is 16.1 Å². The van der Waals surface area contributed by atoms with E-state index in [2.05, 4.69) is 4.72 Å². The van der Waals surface area contributed by atoms with Gasteiger partial charge in [-0.1, -0.05) is 29.3 Å². The van der Waals surface area contributed by atoms with E-state index in [4.69, 9.17) is 22.1 Å². The molecule has 0 saturated heterocycles. The van der Waals surface area contributed by atoms with Gasteiger partial charge in [0.25, 0.3) is 5.91 Å². The van der Waals surface area contributed by atoms with E-state index in [9.17, 15) is 13.2 Å². The summed E-state index contributed by atoms with van der Waals surface area (Å²) in [6, 6.07) is 7.62. The Balaban J connectivity index is 2.15. The Labute approximate surface area is 164 Å². The summed E-state index contributed by atoms with van der Waals surface area (Å²) in [6.07, 6.45) is 0. The monoisotopic (exact) mass is 410 g/mol. The maximum Gasteiger partial charge on any atom is 0.252 e. The Hall–Kier alpha value is -2.09. The molecular formula is C19H23ClN2O4S. The fourth-order valence-corrected chi connectivity index (χ4v) is 4.84. The van der Waals surface area contributed by atoms with Gasteiger partial charge < -0.3 is 10.5 Å². The quantitative estimate of drug-likeness (QED) is 0.732. The van der Waals surface area contributed by atoms with Crippen LogP contribution in [-0.2, 0) is 10.0 Å². The summed E-state index contributed by atoms with van der Waals surface area (Å²) in [6.45, 7) is 7.15. The molecule has 0 fully saturated rings. The smallest absolute Gasteiger partial charge is 0.252 e. The molecule has 2 aromatic carbocycles. The zero-order valence-corrected chi connectivity index (χ0v) is 17.2. The average Bonchev–Trinajstić information content (AvgIpc) is 2.51. The van der Waals surface area contributed by atoms with Crippen molar-refractivity contribution in [3.05, 3.63) is 57.6 Å². The number of carbonyl (C=O) groups is 1. The van der Waals surface area contributed by atoms with E-state index in [0.717, 1.165) is 5.56 Å². The molecule has 0 aromatic heterocycles. The van der Waals surface area contributed by atoms with Crippen molar-refractivity contribution in [1.29, 1.82) is 0 Å². The summed E-state index contributed by atoms with van der Waals surface area (Å²) in [5.41, 5.74) is 7.83. The minimum Gasteiger partial charge on any atom is -0.491 e. The molecule has 0 radical (unpaired) electrons. The van der Waals surface area contributed by atoms with Crippen LogP contribution in [0, 0.1) is 20.8 Å². The number of primary amides is 1. The molecule has 8 heteroatoms. The normalized spacial score (nSPS) is 12.6. The van der Waals surface area contributed by atoms with Crippen LogP contribution in [0.5, 0.6) is 5.75 Å². The molecule has 6 nitrogen and oxygen atoms in total. The molecule has 146 valence electrons. The standard InChI is InChI=1S/C19H23ClN2O4S/c1-11-7-12(2)18(13(3)8-11)27(24,25)22-14(4)10-26-17-6-5-15(20)9-16(17)19(21)23/h5-9,14,22H,10H2,1-4H3,(H2,21,23). The molecule has 0 aliphatic heterocycles. The van der Waals surface area contributed by atoms with Crippen LogP contribution in [0.3, 0.4) is 0 Å². The number of halogens is 1. The van der Waals surface area contributed by atoms with Crippen LogP contribution in [-0.4, -0.2) is 27.0 Å². The van der Waals surface area contributed by atoms with Crippen molar-refractivity contribution in [3.63, 3.8) is 0 Å². The highest BCUT2D eigenvalue weighted by atomic mass is 35.5. The van der Waals surface area contributed by atoms with E-state index < -0.39 is 22.0 Å². The van der Waals surface area contributed by atoms with Gasteiger partial charge in [0.15, 0.2) is 0 Å². The number of aryl methyl sites for hydroxylation is 3. The zero-order chi connectivity index (χ0) is 20.4. The third-order valence-electron chi connectivity index (χ3n) is 3.93. The highest BCUT2D eigenvalue weighted by Crippen LogP contribution is 2.24. The number of sulfonamides is 1. The number of amides is 1. The molecule has 27 heavy (non-hydrogen) atoms. The van der Waals surface area contributed by atoms with Crippen LogP contribution in [0.1, 0.15) is 34.0 Å². The molecule has 1 unspecified atom stereocenters. The van der Waals surface area contributed by atoms with Gasteiger partial charge in [-0.15, -0.1) is 0 Å². The predicted octanol–water partition coefficient (Wildman–Crippen LogP) is 3.11. The van der Waals surface area contributed by atoms with E-state index in [-0.39, 0.29) is 22.8 Å². The minimum absolute atomic E-state index is 0.0189. The summed E-state index contributed by atoms with van der Waals surface area (Å²) in [7, 11) is -3.72. The average molecular weight is 411 g/mol. The molecule has 1 amide bonds. The van der Waals surface area contributed by atoms with Gasteiger partial charge in [0.1, 0.15) is 12.4 Å². The number of nitrogens with one attached hydrogen (secondary N) is 1. The van der Waals surface area contributed by atoms with E-state index in [1.165, 1.54) is 12.1 Å². The highest BCUT2D eigenvalue weighted by Gasteiger charge is 2.22. The highest BCUT2D eigenvalue weighted by molar-refractivity contribution is 7.89. The molecule has 2 rings (SSSR count). The first-order chi connectivity index (χ1) is 12.5. The summed E-state index contributed by atoms with van der Waals surface area (Å²) in [4.78, 5) is 11.8. The molecule has 0 spiro atoms. The zero-order valence-electron chi connectivity index (χ0n) is 15.7. The fraction of sp³-hybridized carbons (Fsp3) is 0.316. The summed E-state index contributed by atoms with van der Waals surface area (Å²) < 4.78 is 33.7. The predicted molar refractivity (Wildman–Crippen MR) is 106 cm³/mol. The van der Waals surface area contributed by atoms with E-state index in [1.54, 1.807) is 26.8 Å². The number of carbonyl (C=O) groups excluding carboxylic acids is 1. The number of rotatable bonds is 7. The molecule has 1 atom stereocenters. The third-order valence-corrected chi connectivity index (χ3v) is 6.05. The second kappa shape index (κ2) is 8.29. The van der Waals surface area contributed by atoms with Crippen molar-refractivity contribution in [3.8, 4) is 5.75 Å². The molecule has 3 N–H and O–H groups in total. The van der Waals surface area contributed by atoms with Crippen molar-refractivity contribution in [2.45, 2.75) is 38.6 Å². The Morgan fingerprint density at radius 2 is 1.78 bits per heavy atom. The molecular weight excluding hydrogens is 388 g/mol. The molecule has 0 heterocycles. The summed E-state index contributed by atoms with van der Waals surface area (Å²) in [5.74, 6) is -0.424. The van der Waals surface area contributed by atoms with Crippen LogP contribution in [0.15, 0.2) is 35.2 Å². The number of ether oxygens (including phenoxy) is 1. The van der Waals surface area contributed by atoms with Gasteiger partial charge in [-0.05, 0) is 57.0 Å². The number of nitrogens with two attached hydrogens (primary N) is 1. The molecule has 0 bridgehead atoms. The number of hydrogen-bond donors (Lipinski definition) is 2. The number of benzene rings is 2. The van der Waals surface area contributed by atoms with E-state index in [1.807, 2.05) is 19.1 Å².